The molecule has 0 saturated carbocycles. The van der Waals surface area contributed by atoms with Gasteiger partial charge < -0.3 is 4.74 Å². The molecule has 0 fully saturated rings. The van der Waals surface area contributed by atoms with Crippen molar-refractivity contribution in [2.75, 3.05) is 0 Å². The molecule has 0 saturated heterocycles. The zero-order valence-electron chi connectivity index (χ0n) is 18.6. The molecular weight excluding hydrogens is 552 g/mol. The van der Waals surface area contributed by atoms with E-state index in [4.69, 9.17) is 21.4 Å². The van der Waals surface area contributed by atoms with Crippen LogP contribution in [0.25, 0.3) is 16.9 Å². The average Bonchev–Trinajstić information content (AvgIpc) is 3.50. The molecular formula is C24H16BrClN6O4. The summed E-state index contributed by atoms with van der Waals surface area (Å²) in [5, 5.41) is 21.6. The summed E-state index contributed by atoms with van der Waals surface area (Å²) in [6.45, 7) is 1.38. The number of hydrogen-bond acceptors (Lipinski definition) is 7. The Morgan fingerprint density at radius 1 is 1.14 bits per heavy atom. The lowest BCUT2D eigenvalue weighted by Gasteiger charge is -2.19. The van der Waals surface area contributed by atoms with Crippen LogP contribution in [0.15, 0.2) is 82.6 Å². The second kappa shape index (κ2) is 9.51. The van der Waals surface area contributed by atoms with E-state index in [0.717, 1.165) is 10.0 Å². The summed E-state index contributed by atoms with van der Waals surface area (Å²) >= 11 is 9.68. The molecule has 1 atom stereocenters. The third-order valence-electron chi connectivity index (χ3n) is 5.41. The molecule has 0 spiro atoms. The number of hydrogen-bond donors (Lipinski definition) is 0. The minimum atomic E-state index is -0.931. The number of carbonyl (C=O) groups excluding carboxylic acids is 1. The van der Waals surface area contributed by atoms with Gasteiger partial charge in [0.05, 0.1) is 21.7 Å². The summed E-state index contributed by atoms with van der Waals surface area (Å²) in [4.78, 5) is 27.2. The SMILES string of the molecule is CC(=O)N1N=C(c2cccnc2Cl)OC1c1cn(-c2ccc([N+](=O)[O-])cc2)nc1-c1ccc(Br)cc1. The van der Waals surface area contributed by atoms with E-state index in [1.807, 2.05) is 24.3 Å². The van der Waals surface area contributed by atoms with E-state index in [9.17, 15) is 14.9 Å². The van der Waals surface area contributed by atoms with Crippen LogP contribution in [-0.2, 0) is 9.53 Å². The fourth-order valence-electron chi connectivity index (χ4n) is 3.68. The van der Waals surface area contributed by atoms with E-state index in [2.05, 4.69) is 26.0 Å². The lowest BCUT2D eigenvalue weighted by Crippen LogP contribution is -2.25. The van der Waals surface area contributed by atoms with Gasteiger partial charge in [-0.15, -0.1) is 5.10 Å². The first kappa shape index (κ1) is 23.6. The highest BCUT2D eigenvalue weighted by Gasteiger charge is 2.37. The molecule has 3 heterocycles. The highest BCUT2D eigenvalue weighted by molar-refractivity contribution is 9.10. The number of ether oxygens (including phenoxy) is 1. The van der Waals surface area contributed by atoms with E-state index >= 15 is 0 Å². The quantitative estimate of drug-likeness (QED) is 0.179. The number of carbonyl (C=O) groups is 1. The second-order valence-electron chi connectivity index (χ2n) is 7.74. The van der Waals surface area contributed by atoms with Gasteiger partial charge in [0.25, 0.3) is 5.69 Å². The molecule has 1 amide bonds. The van der Waals surface area contributed by atoms with E-state index in [0.29, 0.717) is 22.5 Å². The smallest absolute Gasteiger partial charge is 0.269 e. The Hall–Kier alpha value is -4.09. The van der Waals surface area contributed by atoms with E-state index in [1.54, 1.807) is 41.3 Å². The molecule has 5 rings (SSSR count). The van der Waals surface area contributed by atoms with Crippen molar-refractivity contribution in [1.82, 2.24) is 19.8 Å². The van der Waals surface area contributed by atoms with Crippen molar-refractivity contribution in [3.05, 3.63) is 104 Å². The standard InChI is InChI=1S/C24H16BrClN6O4/c1-14(33)31-24(36-23(29-31)19-3-2-12-27-22(19)26)20-13-30(17-8-10-18(11-9-17)32(34)35)28-21(20)15-4-6-16(25)7-5-15/h2-13,24H,1H3. The molecule has 1 unspecified atom stereocenters. The number of nitro groups is 1. The van der Waals surface area contributed by atoms with Gasteiger partial charge in [0.2, 0.25) is 18.0 Å². The predicted molar refractivity (Wildman–Crippen MR) is 135 cm³/mol. The Morgan fingerprint density at radius 2 is 1.86 bits per heavy atom. The third-order valence-corrected chi connectivity index (χ3v) is 6.24. The van der Waals surface area contributed by atoms with Crippen LogP contribution in [0.5, 0.6) is 0 Å². The molecule has 0 N–H and O–H groups in total. The molecule has 180 valence electrons. The number of nitro benzene ring substituents is 1. The fraction of sp³-hybridized carbons (Fsp3) is 0.0833. The summed E-state index contributed by atoms with van der Waals surface area (Å²) in [5.74, 6) is -0.196. The maximum Gasteiger partial charge on any atom is 0.269 e. The lowest BCUT2D eigenvalue weighted by atomic mass is 10.1. The predicted octanol–water partition coefficient (Wildman–Crippen LogP) is 5.50. The van der Waals surface area contributed by atoms with Gasteiger partial charge in [0.1, 0.15) is 10.8 Å². The second-order valence-corrected chi connectivity index (χ2v) is 9.01. The maximum atomic E-state index is 12.6. The third kappa shape index (κ3) is 4.45. The van der Waals surface area contributed by atoms with Crippen LogP contribution in [0, 0.1) is 10.1 Å². The van der Waals surface area contributed by atoms with Crippen molar-refractivity contribution in [3.8, 4) is 16.9 Å². The first-order valence-corrected chi connectivity index (χ1v) is 11.7. The molecule has 2 aromatic heterocycles. The van der Waals surface area contributed by atoms with E-state index < -0.39 is 11.2 Å². The van der Waals surface area contributed by atoms with E-state index in [-0.39, 0.29) is 22.6 Å². The number of aromatic nitrogens is 3. The minimum absolute atomic E-state index is 0.0347. The number of hydrazone groups is 1. The fourth-order valence-corrected chi connectivity index (χ4v) is 4.15. The molecule has 36 heavy (non-hydrogen) atoms. The van der Waals surface area contributed by atoms with Gasteiger partial charge in [-0.05, 0) is 36.4 Å². The number of benzene rings is 2. The molecule has 10 nitrogen and oxygen atoms in total. The van der Waals surface area contributed by atoms with Crippen LogP contribution < -0.4 is 0 Å². The van der Waals surface area contributed by atoms with Gasteiger partial charge in [-0.25, -0.2) is 9.67 Å². The number of halogens is 2. The van der Waals surface area contributed by atoms with Crippen LogP contribution in [0.4, 0.5) is 5.69 Å². The maximum absolute atomic E-state index is 12.6. The van der Waals surface area contributed by atoms with E-state index in [1.165, 1.54) is 24.1 Å². The average molecular weight is 568 g/mol. The highest BCUT2D eigenvalue weighted by Crippen LogP contribution is 2.37. The summed E-state index contributed by atoms with van der Waals surface area (Å²) in [6.07, 6.45) is 2.32. The van der Waals surface area contributed by atoms with Gasteiger partial charge in [-0.3, -0.25) is 14.9 Å². The number of amides is 1. The van der Waals surface area contributed by atoms with Gasteiger partial charge in [-0.2, -0.15) is 10.1 Å². The van der Waals surface area contributed by atoms with Crippen LogP contribution >= 0.6 is 27.5 Å². The first-order chi connectivity index (χ1) is 17.3. The Bertz CT molecular complexity index is 1500. The van der Waals surface area contributed by atoms with Gasteiger partial charge in [0.15, 0.2) is 0 Å². The zero-order valence-corrected chi connectivity index (χ0v) is 20.9. The summed E-state index contributed by atoms with van der Waals surface area (Å²) in [7, 11) is 0. The Balaban J connectivity index is 1.61. The Labute approximate surface area is 218 Å². The summed E-state index contributed by atoms with van der Waals surface area (Å²) < 4.78 is 8.62. The normalized spacial score (nSPS) is 14.9. The topological polar surface area (TPSA) is 116 Å². The first-order valence-electron chi connectivity index (χ1n) is 10.6. The molecule has 1 aliphatic heterocycles. The van der Waals surface area contributed by atoms with Crippen LogP contribution in [0.1, 0.15) is 24.3 Å². The number of rotatable bonds is 5. The van der Waals surface area contributed by atoms with Crippen molar-refractivity contribution in [2.45, 2.75) is 13.2 Å². The largest absolute Gasteiger partial charge is 0.445 e. The van der Waals surface area contributed by atoms with Crippen molar-refractivity contribution in [1.29, 1.82) is 0 Å². The highest BCUT2D eigenvalue weighted by atomic mass is 79.9. The van der Waals surface area contributed by atoms with Crippen LogP contribution in [0.3, 0.4) is 0 Å². The van der Waals surface area contributed by atoms with Gasteiger partial charge in [-0.1, -0.05) is 39.7 Å². The van der Waals surface area contributed by atoms with Crippen molar-refractivity contribution >= 4 is 45.0 Å². The molecule has 4 aromatic rings. The van der Waals surface area contributed by atoms with Crippen molar-refractivity contribution in [2.24, 2.45) is 5.10 Å². The summed E-state index contributed by atoms with van der Waals surface area (Å²) in [5.41, 5.74) is 2.88. The van der Waals surface area contributed by atoms with Crippen LogP contribution in [0.2, 0.25) is 5.15 Å². The van der Waals surface area contributed by atoms with Crippen LogP contribution in [-0.4, -0.2) is 36.5 Å². The Kier molecular flexibility index (Phi) is 6.25. The molecule has 12 heteroatoms. The summed E-state index contributed by atoms with van der Waals surface area (Å²) in [6, 6.07) is 16.9. The molecule has 0 aliphatic carbocycles. The van der Waals surface area contributed by atoms with Gasteiger partial charge >= 0.3 is 0 Å². The zero-order chi connectivity index (χ0) is 25.4. The number of nitrogens with zero attached hydrogens (tertiary/aromatic N) is 6. The lowest BCUT2D eigenvalue weighted by molar-refractivity contribution is -0.384. The Morgan fingerprint density at radius 3 is 2.50 bits per heavy atom. The number of non-ortho nitro benzene ring substituents is 1. The van der Waals surface area contributed by atoms with Crippen molar-refractivity contribution in [3.63, 3.8) is 0 Å². The van der Waals surface area contributed by atoms with Gasteiger partial charge in [0, 0.05) is 41.5 Å². The number of pyridine rings is 1. The molecule has 0 radical (unpaired) electrons. The van der Waals surface area contributed by atoms with Crippen molar-refractivity contribution < 1.29 is 14.5 Å². The molecule has 0 bridgehead atoms. The molecule has 1 aliphatic rings. The monoisotopic (exact) mass is 566 g/mol. The minimum Gasteiger partial charge on any atom is -0.445 e. The molecule has 2 aromatic carbocycles.